The van der Waals surface area contributed by atoms with Crippen molar-refractivity contribution in [2.24, 2.45) is 11.8 Å². The van der Waals surface area contributed by atoms with E-state index in [-0.39, 0.29) is 18.2 Å². The second-order valence-electron chi connectivity index (χ2n) is 7.81. The zero-order valence-corrected chi connectivity index (χ0v) is 17.9. The van der Waals surface area contributed by atoms with Crippen molar-refractivity contribution < 1.29 is 9.59 Å². The lowest BCUT2D eigenvalue weighted by atomic mass is 9.99. The fourth-order valence-electron chi connectivity index (χ4n) is 3.83. The van der Waals surface area contributed by atoms with Gasteiger partial charge in [-0.15, -0.1) is 0 Å². The molecular formula is C21H24BrN5O2. The highest BCUT2D eigenvalue weighted by Gasteiger charge is 2.35. The molecule has 1 N–H and O–H groups in total. The van der Waals surface area contributed by atoms with E-state index in [1.807, 2.05) is 30.3 Å². The van der Waals surface area contributed by atoms with Gasteiger partial charge < -0.3 is 15.1 Å². The summed E-state index contributed by atoms with van der Waals surface area (Å²) in [5.41, 5.74) is 0.795. The predicted molar refractivity (Wildman–Crippen MR) is 116 cm³/mol. The van der Waals surface area contributed by atoms with Crippen molar-refractivity contribution in [1.29, 1.82) is 0 Å². The molecule has 0 aliphatic carbocycles. The molecule has 2 amide bonds. The fourth-order valence-corrected chi connectivity index (χ4v) is 4.22. The summed E-state index contributed by atoms with van der Waals surface area (Å²) in [6, 6.07) is 9.36. The van der Waals surface area contributed by atoms with Crippen LogP contribution in [0.2, 0.25) is 0 Å². The molecule has 152 valence electrons. The molecule has 2 saturated heterocycles. The van der Waals surface area contributed by atoms with Crippen LogP contribution in [0, 0.1) is 11.8 Å². The van der Waals surface area contributed by atoms with Crippen LogP contribution in [0.3, 0.4) is 0 Å². The minimum Gasteiger partial charge on any atom is -0.356 e. The van der Waals surface area contributed by atoms with Gasteiger partial charge in [0, 0.05) is 42.3 Å². The number of rotatable bonds is 4. The molecule has 0 spiro atoms. The molecule has 2 aromatic rings. The maximum atomic E-state index is 12.8. The average molecular weight is 458 g/mol. The minimum atomic E-state index is -0.407. The van der Waals surface area contributed by atoms with Crippen molar-refractivity contribution in [1.82, 2.24) is 9.97 Å². The lowest BCUT2D eigenvalue weighted by Crippen LogP contribution is -2.33. The van der Waals surface area contributed by atoms with E-state index in [0.717, 1.165) is 47.8 Å². The molecule has 1 unspecified atom stereocenters. The summed E-state index contributed by atoms with van der Waals surface area (Å²) in [6.45, 7) is 4.56. The van der Waals surface area contributed by atoms with Crippen LogP contribution in [0.1, 0.15) is 26.2 Å². The number of benzene rings is 1. The Bertz CT molecular complexity index is 913. The van der Waals surface area contributed by atoms with Crippen LogP contribution in [0.4, 0.5) is 17.3 Å². The largest absolute Gasteiger partial charge is 0.356 e. The third kappa shape index (κ3) is 4.58. The molecule has 0 bridgehead atoms. The summed E-state index contributed by atoms with van der Waals surface area (Å²) < 4.78 is 0.899. The van der Waals surface area contributed by atoms with E-state index in [1.165, 1.54) is 6.33 Å². The Hall–Kier alpha value is -2.48. The van der Waals surface area contributed by atoms with Gasteiger partial charge in [-0.25, -0.2) is 9.97 Å². The first kappa shape index (κ1) is 19.8. The Labute approximate surface area is 178 Å². The van der Waals surface area contributed by atoms with E-state index < -0.39 is 5.92 Å². The van der Waals surface area contributed by atoms with Gasteiger partial charge in [0.05, 0.1) is 5.92 Å². The SMILES string of the molecule is CC1CCN(c2cc(NC(=O)C3CC(=O)N(c4cccc(Br)c4)C3)ncn2)CC1. The van der Waals surface area contributed by atoms with Gasteiger partial charge in [-0.2, -0.15) is 0 Å². The fraction of sp³-hybridized carbons (Fsp3) is 0.429. The van der Waals surface area contributed by atoms with Crippen molar-refractivity contribution in [2.75, 3.05) is 34.8 Å². The summed E-state index contributed by atoms with van der Waals surface area (Å²) in [4.78, 5) is 37.6. The van der Waals surface area contributed by atoms with Crippen molar-refractivity contribution >= 4 is 45.1 Å². The molecule has 1 atom stereocenters. The first-order valence-electron chi connectivity index (χ1n) is 9.93. The van der Waals surface area contributed by atoms with Gasteiger partial charge in [-0.1, -0.05) is 28.9 Å². The van der Waals surface area contributed by atoms with Gasteiger partial charge >= 0.3 is 0 Å². The van der Waals surface area contributed by atoms with E-state index >= 15 is 0 Å². The molecule has 1 aromatic heterocycles. The van der Waals surface area contributed by atoms with Crippen molar-refractivity contribution in [3.05, 3.63) is 41.1 Å². The number of aromatic nitrogens is 2. The van der Waals surface area contributed by atoms with Crippen molar-refractivity contribution in [3.8, 4) is 0 Å². The van der Waals surface area contributed by atoms with Crippen LogP contribution in [0.5, 0.6) is 0 Å². The Kier molecular flexibility index (Phi) is 5.80. The molecule has 1 aromatic carbocycles. The van der Waals surface area contributed by atoms with E-state index in [2.05, 4.69) is 43.0 Å². The topological polar surface area (TPSA) is 78.4 Å². The highest BCUT2D eigenvalue weighted by molar-refractivity contribution is 9.10. The maximum absolute atomic E-state index is 12.8. The molecule has 29 heavy (non-hydrogen) atoms. The summed E-state index contributed by atoms with van der Waals surface area (Å²) in [5.74, 6) is 1.41. The number of piperidine rings is 1. The smallest absolute Gasteiger partial charge is 0.230 e. The molecule has 0 saturated carbocycles. The van der Waals surface area contributed by atoms with Crippen LogP contribution in [0.15, 0.2) is 41.1 Å². The van der Waals surface area contributed by atoms with Crippen molar-refractivity contribution in [2.45, 2.75) is 26.2 Å². The average Bonchev–Trinajstić information content (AvgIpc) is 3.11. The lowest BCUT2D eigenvalue weighted by Gasteiger charge is -2.31. The number of nitrogens with zero attached hydrogens (tertiary/aromatic N) is 4. The number of hydrogen-bond donors (Lipinski definition) is 1. The third-order valence-electron chi connectivity index (χ3n) is 5.63. The van der Waals surface area contributed by atoms with Crippen LogP contribution < -0.4 is 15.1 Å². The predicted octanol–water partition coefficient (Wildman–Crippen LogP) is 3.47. The molecule has 2 fully saturated rings. The zero-order chi connectivity index (χ0) is 20.4. The summed E-state index contributed by atoms with van der Waals surface area (Å²) >= 11 is 3.42. The minimum absolute atomic E-state index is 0.0472. The van der Waals surface area contributed by atoms with Crippen LogP contribution in [-0.4, -0.2) is 41.4 Å². The molecule has 7 nitrogen and oxygen atoms in total. The standard InChI is InChI=1S/C21H24BrN5O2/c1-14-5-7-26(8-6-14)19-11-18(23-13-24-19)25-21(29)15-9-20(28)27(12-15)17-4-2-3-16(22)10-17/h2-4,10-11,13-15H,5-9,12H2,1H3,(H,23,24,25,29). The maximum Gasteiger partial charge on any atom is 0.230 e. The van der Waals surface area contributed by atoms with E-state index in [9.17, 15) is 9.59 Å². The molecule has 3 heterocycles. The van der Waals surface area contributed by atoms with E-state index in [4.69, 9.17) is 0 Å². The van der Waals surface area contributed by atoms with Crippen molar-refractivity contribution in [3.63, 3.8) is 0 Å². The second-order valence-corrected chi connectivity index (χ2v) is 8.72. The monoisotopic (exact) mass is 457 g/mol. The van der Waals surface area contributed by atoms with E-state index in [0.29, 0.717) is 12.4 Å². The van der Waals surface area contributed by atoms with Gasteiger partial charge in [0.25, 0.3) is 0 Å². The third-order valence-corrected chi connectivity index (χ3v) is 6.12. The number of hydrogen-bond acceptors (Lipinski definition) is 5. The molecule has 2 aliphatic rings. The molecule has 0 radical (unpaired) electrons. The molecule has 4 rings (SSSR count). The van der Waals surface area contributed by atoms with Gasteiger partial charge in [0.1, 0.15) is 18.0 Å². The summed E-state index contributed by atoms with van der Waals surface area (Å²) in [7, 11) is 0. The summed E-state index contributed by atoms with van der Waals surface area (Å²) in [6.07, 6.45) is 3.96. The first-order chi connectivity index (χ1) is 14.0. The normalized spacial score (nSPS) is 20.2. The van der Waals surface area contributed by atoms with Crippen LogP contribution >= 0.6 is 15.9 Å². The van der Waals surface area contributed by atoms with Crippen LogP contribution in [0.25, 0.3) is 0 Å². The van der Waals surface area contributed by atoms with Gasteiger partial charge in [-0.05, 0) is 37.0 Å². The van der Waals surface area contributed by atoms with Gasteiger partial charge in [0.2, 0.25) is 11.8 Å². The second kappa shape index (κ2) is 8.49. The number of anilines is 3. The van der Waals surface area contributed by atoms with Gasteiger partial charge in [-0.3, -0.25) is 9.59 Å². The van der Waals surface area contributed by atoms with Gasteiger partial charge in [0.15, 0.2) is 0 Å². The lowest BCUT2D eigenvalue weighted by molar-refractivity contribution is -0.122. The highest BCUT2D eigenvalue weighted by Crippen LogP contribution is 2.28. The number of carbonyl (C=O) groups is 2. The Morgan fingerprint density at radius 3 is 2.76 bits per heavy atom. The van der Waals surface area contributed by atoms with Crippen LogP contribution in [-0.2, 0) is 9.59 Å². The number of halogens is 1. The summed E-state index contributed by atoms with van der Waals surface area (Å²) in [5, 5.41) is 2.87. The quantitative estimate of drug-likeness (QED) is 0.760. The number of amides is 2. The first-order valence-corrected chi connectivity index (χ1v) is 10.7. The zero-order valence-electron chi connectivity index (χ0n) is 16.3. The molecule has 8 heteroatoms. The Morgan fingerprint density at radius 1 is 1.21 bits per heavy atom. The number of nitrogens with one attached hydrogen (secondary N) is 1. The molecular weight excluding hydrogens is 434 g/mol. The highest BCUT2D eigenvalue weighted by atomic mass is 79.9. The number of carbonyl (C=O) groups excluding carboxylic acids is 2. The Balaban J connectivity index is 1.41. The Morgan fingerprint density at radius 2 is 2.00 bits per heavy atom. The van der Waals surface area contributed by atoms with E-state index in [1.54, 1.807) is 4.90 Å². The molecule has 2 aliphatic heterocycles.